The fourth-order valence-corrected chi connectivity index (χ4v) is 8.27. The summed E-state index contributed by atoms with van der Waals surface area (Å²) in [7, 11) is -0.792. The topological polar surface area (TPSA) is 0 Å². The Morgan fingerprint density at radius 1 is 0.440 bits per heavy atom. The predicted molar refractivity (Wildman–Crippen MR) is 123 cm³/mol. The molecule has 0 heterocycles. The minimum Gasteiger partial charge on any atom is -0.0917 e. The summed E-state index contributed by atoms with van der Waals surface area (Å²) in [6, 6.07) is 0. The largest absolute Gasteiger partial charge is 0.0917 e. The summed E-state index contributed by atoms with van der Waals surface area (Å²) >= 11 is 0. The van der Waals surface area contributed by atoms with Crippen LogP contribution in [0.25, 0.3) is 0 Å². The van der Waals surface area contributed by atoms with Crippen LogP contribution < -0.4 is 0 Å². The van der Waals surface area contributed by atoms with Crippen molar-refractivity contribution in [3.63, 3.8) is 0 Å². The van der Waals surface area contributed by atoms with E-state index in [0.29, 0.717) is 0 Å². The Hall–Kier alpha value is -0.610. The third kappa shape index (κ3) is 14.3. The molecule has 0 bridgehead atoms. The van der Waals surface area contributed by atoms with Gasteiger partial charge in [-0.3, -0.25) is 0 Å². The Labute approximate surface area is 159 Å². The van der Waals surface area contributed by atoms with Crippen molar-refractivity contribution in [1.82, 2.24) is 0 Å². The normalized spacial score (nSPS) is 13.3. The number of hydrogen-bond donors (Lipinski definition) is 0. The summed E-state index contributed by atoms with van der Waals surface area (Å²) in [4.78, 5) is 0. The van der Waals surface area contributed by atoms with Crippen LogP contribution in [-0.4, -0.2) is 24.6 Å². The van der Waals surface area contributed by atoms with Gasteiger partial charge in [-0.05, 0) is 79.1 Å². The van der Waals surface area contributed by atoms with E-state index in [-0.39, 0.29) is 0 Å². The molecule has 0 saturated carbocycles. The molecule has 0 aromatic carbocycles. The molecule has 0 aliphatic rings. The molecular formula is C24H44P+. The molecule has 0 aliphatic carbocycles. The monoisotopic (exact) mass is 363 g/mol. The van der Waals surface area contributed by atoms with Crippen LogP contribution in [0.15, 0.2) is 48.6 Å². The van der Waals surface area contributed by atoms with Gasteiger partial charge in [0, 0.05) is 7.26 Å². The maximum atomic E-state index is 2.36. The molecule has 0 amide bonds. The standard InChI is InChI=1S/C24H44P/c1-5-9-13-17-21-25(22-18-14-10-6-2,23-19-15-11-7-3)24-20-16-12-8-4/h5-12H,13-24H2,1-4H3/q+1/b9-5+,10-6+,11-7+,12-8+. The Balaban J connectivity index is 4.84. The summed E-state index contributed by atoms with van der Waals surface area (Å²) in [5.74, 6) is 0. The fraction of sp³-hybridized carbons (Fsp3) is 0.667. The lowest BCUT2D eigenvalue weighted by molar-refractivity contribution is 0.868. The van der Waals surface area contributed by atoms with E-state index in [4.69, 9.17) is 0 Å². The van der Waals surface area contributed by atoms with Gasteiger partial charge in [-0.1, -0.05) is 48.6 Å². The van der Waals surface area contributed by atoms with Crippen LogP contribution >= 0.6 is 7.26 Å². The molecule has 0 aliphatic heterocycles. The minimum absolute atomic E-state index is 0.792. The molecule has 0 atom stereocenters. The van der Waals surface area contributed by atoms with Crippen molar-refractivity contribution in [3.8, 4) is 0 Å². The van der Waals surface area contributed by atoms with Crippen molar-refractivity contribution < 1.29 is 0 Å². The third-order valence-electron chi connectivity index (χ3n) is 4.96. The first kappa shape index (κ1) is 24.4. The first-order chi connectivity index (χ1) is 12.2. The average molecular weight is 364 g/mol. The van der Waals surface area contributed by atoms with Gasteiger partial charge in [0.25, 0.3) is 0 Å². The van der Waals surface area contributed by atoms with Crippen molar-refractivity contribution in [2.75, 3.05) is 24.6 Å². The highest BCUT2D eigenvalue weighted by molar-refractivity contribution is 7.75. The van der Waals surface area contributed by atoms with Gasteiger partial charge in [-0.25, -0.2) is 0 Å². The fourth-order valence-electron chi connectivity index (χ4n) is 3.52. The second-order valence-electron chi connectivity index (χ2n) is 7.08. The SMILES string of the molecule is C/C=C/CCC[P+](CCC/C=C/C)(CCC/C=C/C)CCC/C=C/C. The molecule has 0 nitrogen and oxygen atoms in total. The van der Waals surface area contributed by atoms with Crippen LogP contribution in [0.1, 0.15) is 79.1 Å². The van der Waals surface area contributed by atoms with Crippen LogP contribution in [0.5, 0.6) is 0 Å². The number of allylic oxidation sites excluding steroid dienone is 8. The zero-order valence-electron chi connectivity index (χ0n) is 17.6. The van der Waals surface area contributed by atoms with E-state index in [1.165, 1.54) is 76.0 Å². The van der Waals surface area contributed by atoms with Gasteiger partial charge in [-0.2, -0.15) is 0 Å². The van der Waals surface area contributed by atoms with Gasteiger partial charge in [0.15, 0.2) is 0 Å². The molecule has 0 aromatic heterocycles. The lowest BCUT2D eigenvalue weighted by Crippen LogP contribution is -2.13. The Bertz CT molecular complexity index is 309. The molecule has 25 heavy (non-hydrogen) atoms. The average Bonchev–Trinajstić information content (AvgIpc) is 2.63. The van der Waals surface area contributed by atoms with Crippen molar-refractivity contribution in [2.45, 2.75) is 79.1 Å². The summed E-state index contributed by atoms with van der Waals surface area (Å²) < 4.78 is 0. The van der Waals surface area contributed by atoms with Crippen LogP contribution in [0.3, 0.4) is 0 Å². The highest BCUT2D eigenvalue weighted by Gasteiger charge is 2.34. The smallest absolute Gasteiger partial charge is 0.0597 e. The Kier molecular flexibility index (Phi) is 17.7. The second-order valence-corrected chi connectivity index (χ2v) is 11.6. The molecule has 144 valence electrons. The molecule has 0 rings (SSSR count). The molecule has 0 fully saturated rings. The third-order valence-corrected chi connectivity index (χ3v) is 10.0. The van der Waals surface area contributed by atoms with Gasteiger partial charge >= 0.3 is 0 Å². The quantitative estimate of drug-likeness (QED) is 0.147. The van der Waals surface area contributed by atoms with E-state index in [9.17, 15) is 0 Å². The summed E-state index contributed by atoms with van der Waals surface area (Å²) in [5, 5.41) is 0. The molecule has 0 spiro atoms. The number of unbranched alkanes of at least 4 members (excludes halogenated alkanes) is 4. The van der Waals surface area contributed by atoms with Crippen LogP contribution in [0.2, 0.25) is 0 Å². The van der Waals surface area contributed by atoms with E-state index < -0.39 is 7.26 Å². The van der Waals surface area contributed by atoms with Crippen molar-refractivity contribution in [3.05, 3.63) is 48.6 Å². The van der Waals surface area contributed by atoms with Crippen LogP contribution in [0, 0.1) is 0 Å². The first-order valence-electron chi connectivity index (χ1n) is 10.5. The van der Waals surface area contributed by atoms with E-state index in [1.54, 1.807) is 0 Å². The van der Waals surface area contributed by atoms with E-state index in [2.05, 4.69) is 76.3 Å². The van der Waals surface area contributed by atoms with Crippen molar-refractivity contribution in [1.29, 1.82) is 0 Å². The highest BCUT2D eigenvalue weighted by atomic mass is 31.2. The van der Waals surface area contributed by atoms with Gasteiger partial charge in [-0.15, -0.1) is 0 Å². The zero-order chi connectivity index (χ0) is 18.6. The molecule has 0 unspecified atom stereocenters. The zero-order valence-corrected chi connectivity index (χ0v) is 18.4. The molecule has 0 radical (unpaired) electrons. The minimum atomic E-state index is -0.792. The molecule has 0 saturated heterocycles. The van der Waals surface area contributed by atoms with Crippen molar-refractivity contribution >= 4 is 7.26 Å². The van der Waals surface area contributed by atoms with E-state index in [1.807, 2.05) is 0 Å². The number of hydrogen-bond acceptors (Lipinski definition) is 0. The maximum Gasteiger partial charge on any atom is 0.0597 e. The van der Waals surface area contributed by atoms with E-state index >= 15 is 0 Å². The molecule has 0 aromatic rings. The van der Waals surface area contributed by atoms with Gasteiger partial charge in [0.2, 0.25) is 0 Å². The lowest BCUT2D eigenvalue weighted by atomic mass is 10.3. The van der Waals surface area contributed by atoms with Gasteiger partial charge in [0.1, 0.15) is 0 Å². The maximum absolute atomic E-state index is 2.36. The summed E-state index contributed by atoms with van der Waals surface area (Å²) in [6.45, 7) is 8.59. The van der Waals surface area contributed by atoms with Crippen LogP contribution in [-0.2, 0) is 0 Å². The molecule has 1 heteroatoms. The Morgan fingerprint density at radius 2 is 0.680 bits per heavy atom. The molecule has 0 N–H and O–H groups in total. The highest BCUT2D eigenvalue weighted by Crippen LogP contribution is 2.61. The second kappa shape index (κ2) is 18.2. The van der Waals surface area contributed by atoms with Crippen molar-refractivity contribution in [2.24, 2.45) is 0 Å². The molecular weight excluding hydrogens is 319 g/mol. The van der Waals surface area contributed by atoms with Gasteiger partial charge in [0.05, 0.1) is 24.6 Å². The predicted octanol–water partition coefficient (Wildman–Crippen LogP) is 8.43. The van der Waals surface area contributed by atoms with Gasteiger partial charge < -0.3 is 0 Å². The Morgan fingerprint density at radius 3 is 0.880 bits per heavy atom. The lowest BCUT2D eigenvalue weighted by Gasteiger charge is -2.28. The summed E-state index contributed by atoms with van der Waals surface area (Å²) in [6.07, 6.45) is 35.0. The number of rotatable bonds is 16. The van der Waals surface area contributed by atoms with Crippen LogP contribution in [0.4, 0.5) is 0 Å². The van der Waals surface area contributed by atoms with E-state index in [0.717, 1.165) is 0 Å². The summed E-state index contributed by atoms with van der Waals surface area (Å²) in [5.41, 5.74) is 0. The first-order valence-corrected chi connectivity index (χ1v) is 13.1.